The van der Waals surface area contributed by atoms with Crippen LogP contribution in [0.3, 0.4) is 0 Å². The van der Waals surface area contributed by atoms with Gasteiger partial charge in [0.15, 0.2) is 0 Å². The van der Waals surface area contributed by atoms with Crippen LogP contribution in [-0.4, -0.2) is 74.3 Å². The van der Waals surface area contributed by atoms with Gasteiger partial charge in [0, 0.05) is 62.7 Å². The average Bonchev–Trinajstić information content (AvgIpc) is 3.52. The zero-order valence-electron chi connectivity index (χ0n) is 26.5. The van der Waals surface area contributed by atoms with Crippen LogP contribution in [0.25, 0.3) is 0 Å². The van der Waals surface area contributed by atoms with Gasteiger partial charge in [0.1, 0.15) is 18.0 Å². The summed E-state index contributed by atoms with van der Waals surface area (Å²) in [4.78, 5) is 35.7. The molecule has 11 nitrogen and oxygen atoms in total. The number of hydrogen-bond acceptors (Lipinski definition) is 8. The van der Waals surface area contributed by atoms with E-state index in [9.17, 15) is 22.8 Å². The van der Waals surface area contributed by atoms with Gasteiger partial charge < -0.3 is 19.9 Å². The highest BCUT2D eigenvalue weighted by atomic mass is 19.4. The Kier molecular flexibility index (Phi) is 8.30. The zero-order chi connectivity index (χ0) is 33.0. The van der Waals surface area contributed by atoms with Crippen LogP contribution in [0.2, 0.25) is 0 Å². The number of aryl methyl sites for hydroxylation is 1. The molecule has 3 aliphatic rings. The Labute approximate surface area is 265 Å². The van der Waals surface area contributed by atoms with Crippen molar-refractivity contribution in [3.8, 4) is 5.88 Å². The number of nitrogens with two attached hydrogens (primary N) is 1. The van der Waals surface area contributed by atoms with Crippen LogP contribution in [0.5, 0.6) is 5.88 Å². The Hall–Kier alpha value is -4.04. The summed E-state index contributed by atoms with van der Waals surface area (Å²) in [5, 5.41) is 8.21. The van der Waals surface area contributed by atoms with Crippen LogP contribution in [0.1, 0.15) is 71.5 Å². The van der Waals surface area contributed by atoms with Crippen molar-refractivity contribution in [2.45, 2.75) is 70.3 Å². The molecule has 0 unspecified atom stereocenters. The van der Waals surface area contributed by atoms with Crippen molar-refractivity contribution in [3.05, 3.63) is 64.2 Å². The molecule has 3 aromatic rings. The maximum atomic E-state index is 14.6. The Morgan fingerprint density at radius 1 is 1.15 bits per heavy atom. The second kappa shape index (κ2) is 12.0. The van der Waals surface area contributed by atoms with Gasteiger partial charge >= 0.3 is 12.3 Å². The second-order valence-corrected chi connectivity index (χ2v) is 13.2. The predicted octanol–water partition coefficient (Wildman–Crippen LogP) is 4.28. The van der Waals surface area contributed by atoms with Crippen LogP contribution in [-0.2, 0) is 38.1 Å². The third-order valence-electron chi connectivity index (χ3n) is 9.79. The van der Waals surface area contributed by atoms with Crippen LogP contribution in [0.15, 0.2) is 30.6 Å². The number of nitrogens with zero attached hydrogens (tertiary/aromatic N) is 7. The minimum atomic E-state index is -4.67. The summed E-state index contributed by atoms with van der Waals surface area (Å²) in [5.74, 6) is 0.431. The van der Waals surface area contributed by atoms with Crippen molar-refractivity contribution >= 4 is 17.8 Å². The predicted molar refractivity (Wildman–Crippen MR) is 163 cm³/mol. The first-order valence-corrected chi connectivity index (χ1v) is 15.5. The van der Waals surface area contributed by atoms with Gasteiger partial charge in [-0.1, -0.05) is 20.3 Å². The highest BCUT2D eigenvalue weighted by Crippen LogP contribution is 2.48. The summed E-state index contributed by atoms with van der Waals surface area (Å²) >= 11 is 0. The van der Waals surface area contributed by atoms with Gasteiger partial charge in [-0.2, -0.15) is 18.2 Å². The van der Waals surface area contributed by atoms with Gasteiger partial charge in [0.2, 0.25) is 5.88 Å². The molecule has 1 aromatic carbocycles. The molecule has 0 radical (unpaired) electrons. The topological polar surface area (TPSA) is 123 Å². The number of anilines is 1. The molecular weight excluding hydrogens is 601 g/mol. The van der Waals surface area contributed by atoms with Crippen molar-refractivity contribution in [1.29, 1.82) is 0 Å². The van der Waals surface area contributed by atoms with Crippen molar-refractivity contribution in [2.75, 3.05) is 31.6 Å². The molecule has 1 saturated carbocycles. The number of hydrogen-bond donors (Lipinski definition) is 1. The van der Waals surface area contributed by atoms with Crippen molar-refractivity contribution in [2.24, 2.45) is 18.7 Å². The number of ether oxygens (including phenoxy) is 1. The van der Waals surface area contributed by atoms with Gasteiger partial charge in [-0.05, 0) is 60.7 Å². The fourth-order valence-corrected chi connectivity index (χ4v) is 7.08. The number of pyridine rings is 1. The number of piperazine rings is 1. The summed E-state index contributed by atoms with van der Waals surface area (Å²) in [5.41, 5.74) is 5.16. The van der Waals surface area contributed by atoms with E-state index in [-0.39, 0.29) is 35.4 Å². The van der Waals surface area contributed by atoms with E-state index in [1.165, 1.54) is 11.0 Å². The molecule has 0 bridgehead atoms. The van der Waals surface area contributed by atoms with Gasteiger partial charge in [0.25, 0.3) is 5.91 Å². The normalized spacial score (nSPS) is 20.2. The van der Waals surface area contributed by atoms with E-state index in [0.717, 1.165) is 43.7 Å². The minimum absolute atomic E-state index is 0.00191. The molecule has 46 heavy (non-hydrogen) atoms. The van der Waals surface area contributed by atoms with E-state index < -0.39 is 29.2 Å². The van der Waals surface area contributed by atoms with Gasteiger partial charge in [0.05, 0.1) is 12.1 Å². The Balaban J connectivity index is 1.37. The molecule has 246 valence electrons. The van der Waals surface area contributed by atoms with Crippen LogP contribution in [0, 0.1) is 5.92 Å². The molecule has 2 N–H and O–H groups in total. The number of carbonyl (C=O) groups excluding carboxylic acids is 2. The number of amides is 2. The molecule has 2 aromatic heterocycles. The number of halogens is 3. The highest BCUT2D eigenvalue weighted by Gasteiger charge is 2.44. The molecular formula is C32H39F3N8O3. The lowest BCUT2D eigenvalue weighted by molar-refractivity contribution is -0.138. The lowest BCUT2D eigenvalue weighted by Gasteiger charge is -2.42. The summed E-state index contributed by atoms with van der Waals surface area (Å²) in [6, 6.07) is 6.26. The summed E-state index contributed by atoms with van der Waals surface area (Å²) < 4.78 is 50.7. The molecule has 2 fully saturated rings. The number of alkyl halides is 3. The number of primary amides is 1. The Morgan fingerprint density at radius 2 is 1.91 bits per heavy atom. The molecule has 4 heterocycles. The summed E-state index contributed by atoms with van der Waals surface area (Å²) in [6.45, 7) is 6.54. The smallest absolute Gasteiger partial charge is 0.391 e. The molecule has 1 aliphatic carbocycles. The quantitative estimate of drug-likeness (QED) is 0.387. The monoisotopic (exact) mass is 640 g/mol. The van der Waals surface area contributed by atoms with E-state index in [1.54, 1.807) is 24.5 Å². The lowest BCUT2D eigenvalue weighted by atomic mass is 9.62. The fourth-order valence-electron chi connectivity index (χ4n) is 7.08. The Morgan fingerprint density at radius 3 is 2.52 bits per heavy atom. The van der Waals surface area contributed by atoms with E-state index in [0.29, 0.717) is 31.0 Å². The van der Waals surface area contributed by atoms with E-state index in [4.69, 9.17) is 10.5 Å². The SMILES string of the molecule is CC(C)[C@H]1CN(C)CCN1Cc1cc2c(c(C(F)(F)F)c1)CN(c1cc(C3(Cc4nncn4C)CCC3)cc(OC(N)=O)n1)C2=O. The largest absolute Gasteiger partial charge is 0.416 e. The molecule has 2 amide bonds. The molecule has 1 saturated heterocycles. The van der Waals surface area contributed by atoms with E-state index in [1.807, 2.05) is 18.7 Å². The van der Waals surface area contributed by atoms with E-state index >= 15 is 0 Å². The number of fused-ring (bicyclic) bond motifs is 1. The van der Waals surface area contributed by atoms with Gasteiger partial charge in [-0.15, -0.1) is 10.2 Å². The third kappa shape index (κ3) is 6.07. The second-order valence-electron chi connectivity index (χ2n) is 13.2. The maximum absolute atomic E-state index is 14.6. The number of likely N-dealkylation sites (N-methyl/N-ethyl adjacent to an activating group) is 1. The van der Waals surface area contributed by atoms with Crippen LogP contribution < -0.4 is 15.4 Å². The summed E-state index contributed by atoms with van der Waals surface area (Å²) in [6.07, 6.45) is -1.09. The van der Waals surface area contributed by atoms with Crippen molar-refractivity contribution in [1.82, 2.24) is 29.5 Å². The van der Waals surface area contributed by atoms with Crippen molar-refractivity contribution in [3.63, 3.8) is 0 Å². The number of aromatic nitrogens is 4. The van der Waals surface area contributed by atoms with Crippen LogP contribution >= 0.6 is 0 Å². The van der Waals surface area contributed by atoms with Gasteiger partial charge in [-0.3, -0.25) is 14.6 Å². The molecule has 2 aliphatic heterocycles. The van der Waals surface area contributed by atoms with E-state index in [2.05, 4.69) is 38.8 Å². The average molecular weight is 641 g/mol. The zero-order valence-corrected chi connectivity index (χ0v) is 26.5. The van der Waals surface area contributed by atoms with Crippen LogP contribution in [0.4, 0.5) is 23.8 Å². The Bertz CT molecular complexity index is 1650. The first-order chi connectivity index (χ1) is 21.7. The molecule has 14 heteroatoms. The van der Waals surface area contributed by atoms with Crippen molar-refractivity contribution < 1.29 is 27.5 Å². The lowest BCUT2D eigenvalue weighted by Crippen LogP contribution is -2.53. The molecule has 6 rings (SSSR count). The third-order valence-corrected chi connectivity index (χ3v) is 9.79. The maximum Gasteiger partial charge on any atom is 0.416 e. The van der Waals surface area contributed by atoms with Gasteiger partial charge in [-0.25, -0.2) is 4.79 Å². The minimum Gasteiger partial charge on any atom is -0.391 e. The fraction of sp³-hybridized carbons (Fsp3) is 0.531. The molecule has 0 spiro atoms. The number of rotatable bonds is 8. The first-order valence-electron chi connectivity index (χ1n) is 15.5. The number of benzene rings is 1. The number of carbonyl (C=O) groups is 2. The standard InChI is InChI=1S/C32H39F3N8O3/c1-19(2)25-17-40(3)8-9-42(25)15-20-10-22-23(24(11-20)32(33,34)35)16-43(29(22)44)26-12-21(13-28(38-26)46-30(36)45)31(6-5-7-31)14-27-39-37-18-41(27)4/h10-13,18-19,25H,5-9,14-17H2,1-4H3,(H2,36,45)/t25-/m1/s1. The first kappa shape index (κ1) is 31.9. The molecule has 1 atom stereocenters. The summed E-state index contributed by atoms with van der Waals surface area (Å²) in [7, 11) is 3.89. The highest BCUT2D eigenvalue weighted by molar-refractivity contribution is 6.10.